The second-order valence-electron chi connectivity index (χ2n) is 11.1. The van der Waals surface area contributed by atoms with Crippen LogP contribution in [0.25, 0.3) is 0 Å². The number of carbonyl (C=O) groups excluding carboxylic acids is 3. The van der Waals surface area contributed by atoms with Crippen LogP contribution in [-0.2, 0) is 25.6 Å². The summed E-state index contributed by atoms with van der Waals surface area (Å²) in [7, 11) is -2.05. The molecule has 0 aromatic heterocycles. The highest BCUT2D eigenvalue weighted by molar-refractivity contribution is 7.90. The summed E-state index contributed by atoms with van der Waals surface area (Å²) in [5, 5.41) is 2.77. The first-order valence-corrected chi connectivity index (χ1v) is 15.1. The summed E-state index contributed by atoms with van der Waals surface area (Å²) >= 11 is 0. The van der Waals surface area contributed by atoms with Crippen LogP contribution in [0.5, 0.6) is 0 Å². The summed E-state index contributed by atoms with van der Waals surface area (Å²) in [4.78, 5) is 42.5. The van der Waals surface area contributed by atoms with Crippen molar-refractivity contribution in [2.24, 2.45) is 11.8 Å². The minimum atomic E-state index is -4.76. The highest BCUT2D eigenvalue weighted by Gasteiger charge is 2.52. The fraction of sp³-hybridized carbons (Fsp3) is 0.464. The molecule has 2 saturated heterocycles. The zero-order valence-electron chi connectivity index (χ0n) is 22.3. The molecule has 8 nitrogen and oxygen atoms in total. The Balaban J connectivity index is 1.45. The van der Waals surface area contributed by atoms with Crippen LogP contribution < -0.4 is 5.32 Å². The topological polar surface area (TPSA) is 104 Å². The largest absolute Gasteiger partial charge is 0.416 e. The van der Waals surface area contributed by atoms with Gasteiger partial charge in [-0.2, -0.15) is 13.2 Å². The molecule has 41 heavy (non-hydrogen) atoms. The zero-order valence-corrected chi connectivity index (χ0v) is 23.1. The van der Waals surface area contributed by atoms with Gasteiger partial charge in [-0.3, -0.25) is 14.4 Å². The fourth-order valence-corrected chi connectivity index (χ4v) is 6.80. The van der Waals surface area contributed by atoms with Crippen molar-refractivity contribution in [2.75, 3.05) is 19.8 Å². The maximum absolute atomic E-state index is 15.1. The van der Waals surface area contributed by atoms with Gasteiger partial charge >= 0.3 is 6.18 Å². The molecule has 2 heterocycles. The first kappa shape index (κ1) is 29.0. The van der Waals surface area contributed by atoms with Crippen molar-refractivity contribution >= 4 is 27.6 Å². The van der Waals surface area contributed by atoms with E-state index in [-0.39, 0.29) is 46.9 Å². The quantitative estimate of drug-likeness (QED) is 0.515. The molecule has 1 aliphatic carbocycles. The Kier molecular flexibility index (Phi) is 7.37. The van der Waals surface area contributed by atoms with E-state index in [0.717, 1.165) is 24.8 Å². The van der Waals surface area contributed by atoms with Gasteiger partial charge in [0.15, 0.2) is 9.84 Å². The number of halogens is 4. The lowest BCUT2D eigenvalue weighted by atomic mass is 9.80. The summed E-state index contributed by atoms with van der Waals surface area (Å²) in [6, 6.07) is 5.31. The maximum atomic E-state index is 15.1. The van der Waals surface area contributed by atoms with E-state index >= 15 is 4.39 Å². The zero-order chi connectivity index (χ0) is 29.9. The van der Waals surface area contributed by atoms with Crippen LogP contribution in [0.15, 0.2) is 47.4 Å². The second kappa shape index (κ2) is 10.4. The van der Waals surface area contributed by atoms with Crippen molar-refractivity contribution in [1.29, 1.82) is 0 Å². The van der Waals surface area contributed by atoms with Gasteiger partial charge in [0.25, 0.3) is 5.91 Å². The number of amides is 3. The van der Waals surface area contributed by atoms with Gasteiger partial charge < -0.3 is 15.1 Å². The van der Waals surface area contributed by atoms with Gasteiger partial charge in [0.05, 0.1) is 16.5 Å². The molecule has 0 bridgehead atoms. The standard InChI is InChI=1S/C28H29F4N3O5S/c1-34-14-17(12-24(34)36)25(20-8-7-18(13-21(20)29)28(30,31)32)33-26(37)23-11-15-6-9-22(15)35(23)27(38)16-4-3-5-19(10-16)41(2,39)40/h3-5,7-8,10,13,15,17,22-23,25H,6,9,11-12,14H2,1-2H3,(H,33,37)/t15-,17?,22-,23-,25?/m1/s1. The maximum Gasteiger partial charge on any atom is 0.416 e. The number of likely N-dealkylation sites (tertiary alicyclic amines) is 2. The van der Waals surface area contributed by atoms with Gasteiger partial charge in [0.2, 0.25) is 11.8 Å². The van der Waals surface area contributed by atoms with Crippen LogP contribution in [0.3, 0.4) is 0 Å². The third kappa shape index (κ3) is 5.55. The van der Waals surface area contributed by atoms with E-state index < -0.39 is 57.2 Å². The third-order valence-corrected chi connectivity index (χ3v) is 9.56. The Morgan fingerprint density at radius 3 is 2.39 bits per heavy atom. The number of hydrogen-bond donors (Lipinski definition) is 1. The fourth-order valence-electron chi connectivity index (χ4n) is 6.13. The molecule has 220 valence electrons. The van der Waals surface area contributed by atoms with Crippen LogP contribution in [0.1, 0.15) is 53.2 Å². The first-order chi connectivity index (χ1) is 19.1. The lowest BCUT2D eigenvalue weighted by molar-refractivity contribution is -0.137. The van der Waals surface area contributed by atoms with Gasteiger partial charge in [-0.25, -0.2) is 12.8 Å². The minimum Gasteiger partial charge on any atom is -0.347 e. The molecule has 5 atom stereocenters. The molecule has 3 aliphatic rings. The predicted octanol–water partition coefficient (Wildman–Crippen LogP) is 3.58. The molecule has 2 unspecified atom stereocenters. The van der Waals surface area contributed by atoms with Gasteiger partial charge in [-0.15, -0.1) is 0 Å². The molecule has 2 aromatic carbocycles. The Hall–Kier alpha value is -3.48. The summed E-state index contributed by atoms with van der Waals surface area (Å²) < 4.78 is 78.8. The van der Waals surface area contributed by atoms with Gasteiger partial charge in [0.1, 0.15) is 11.9 Å². The van der Waals surface area contributed by atoms with Gasteiger partial charge in [0, 0.05) is 49.4 Å². The first-order valence-electron chi connectivity index (χ1n) is 13.2. The SMILES string of the molecule is CN1CC(C(NC(=O)[C@H]2C[C@H]3CC[C@H]3N2C(=O)c2cccc(S(C)(=O)=O)c2)c2ccc(C(F)(F)F)cc2F)CC1=O. The third-order valence-electron chi connectivity index (χ3n) is 8.45. The van der Waals surface area contributed by atoms with Crippen LogP contribution in [0.4, 0.5) is 17.6 Å². The van der Waals surface area contributed by atoms with E-state index in [1.54, 1.807) is 7.05 Å². The number of hydrogen-bond acceptors (Lipinski definition) is 5. The number of carbonyl (C=O) groups is 3. The Labute approximate surface area is 234 Å². The Morgan fingerprint density at radius 2 is 1.83 bits per heavy atom. The van der Waals surface area contributed by atoms with E-state index in [9.17, 15) is 36.0 Å². The molecule has 0 spiro atoms. The van der Waals surface area contributed by atoms with Crippen molar-refractivity contribution in [3.05, 3.63) is 65.0 Å². The number of sulfone groups is 1. The average molecular weight is 596 g/mol. The van der Waals surface area contributed by atoms with Gasteiger partial charge in [-0.1, -0.05) is 12.1 Å². The number of nitrogens with one attached hydrogen (secondary N) is 1. The average Bonchev–Trinajstić information content (AvgIpc) is 3.35. The van der Waals surface area contributed by atoms with Gasteiger partial charge in [-0.05, 0) is 55.5 Å². The molecular formula is C28H29F4N3O5S. The number of nitrogens with zero attached hydrogens (tertiary/aromatic N) is 2. The monoisotopic (exact) mass is 595 g/mol. The molecule has 1 N–H and O–H groups in total. The predicted molar refractivity (Wildman–Crippen MR) is 139 cm³/mol. The highest BCUT2D eigenvalue weighted by Crippen LogP contribution is 2.45. The van der Waals surface area contributed by atoms with E-state index in [0.29, 0.717) is 18.9 Å². The van der Waals surface area contributed by atoms with Crippen LogP contribution in [0, 0.1) is 17.7 Å². The number of rotatable bonds is 6. The highest BCUT2D eigenvalue weighted by atomic mass is 32.2. The summed E-state index contributed by atoms with van der Waals surface area (Å²) in [5.74, 6) is -3.11. The lowest BCUT2D eigenvalue weighted by Crippen LogP contribution is -2.51. The van der Waals surface area contributed by atoms with Crippen molar-refractivity contribution < 1.29 is 40.4 Å². The van der Waals surface area contributed by atoms with E-state index in [1.807, 2.05) is 0 Å². The molecule has 0 radical (unpaired) electrons. The molecule has 1 saturated carbocycles. The van der Waals surface area contributed by atoms with E-state index in [4.69, 9.17) is 0 Å². The van der Waals surface area contributed by atoms with Crippen molar-refractivity contribution in [3.63, 3.8) is 0 Å². The number of benzene rings is 2. The minimum absolute atomic E-state index is 0.0402. The van der Waals surface area contributed by atoms with E-state index in [2.05, 4.69) is 5.32 Å². The van der Waals surface area contributed by atoms with Crippen LogP contribution >= 0.6 is 0 Å². The van der Waals surface area contributed by atoms with Crippen molar-refractivity contribution in [1.82, 2.24) is 15.1 Å². The lowest BCUT2D eigenvalue weighted by Gasteiger charge is -2.37. The molecule has 2 aromatic rings. The number of fused-ring (bicyclic) bond motifs is 1. The van der Waals surface area contributed by atoms with Crippen LogP contribution in [0.2, 0.25) is 0 Å². The normalized spacial score (nSPS) is 25.1. The van der Waals surface area contributed by atoms with E-state index in [1.165, 1.54) is 34.1 Å². The molecule has 3 fully saturated rings. The Bertz CT molecular complexity index is 1510. The summed E-state index contributed by atoms with van der Waals surface area (Å²) in [6.45, 7) is 0.154. The molecule has 5 rings (SSSR count). The Morgan fingerprint density at radius 1 is 1.10 bits per heavy atom. The van der Waals surface area contributed by atoms with Crippen LogP contribution in [-0.4, -0.2) is 67.9 Å². The molecular weight excluding hydrogens is 566 g/mol. The van der Waals surface area contributed by atoms with Crippen molar-refractivity contribution in [2.45, 2.75) is 54.9 Å². The summed E-state index contributed by atoms with van der Waals surface area (Å²) in [5.41, 5.74) is -1.25. The number of alkyl halides is 3. The smallest absolute Gasteiger partial charge is 0.347 e. The summed E-state index contributed by atoms with van der Waals surface area (Å²) in [6.07, 6.45) is -2.00. The second-order valence-corrected chi connectivity index (χ2v) is 13.1. The molecule has 13 heteroatoms. The molecule has 3 amide bonds. The van der Waals surface area contributed by atoms with Crippen molar-refractivity contribution in [3.8, 4) is 0 Å². The molecule has 2 aliphatic heterocycles.